The van der Waals surface area contributed by atoms with Crippen molar-refractivity contribution < 1.29 is 9.53 Å². The molecule has 1 aromatic heterocycles. The fraction of sp³-hybridized carbons (Fsp3) is 0.161. The van der Waals surface area contributed by atoms with Gasteiger partial charge in [0.2, 0.25) is 0 Å². The van der Waals surface area contributed by atoms with Gasteiger partial charge in [0.05, 0.1) is 11.5 Å². The van der Waals surface area contributed by atoms with Gasteiger partial charge in [0.1, 0.15) is 23.6 Å². The second-order valence-electron chi connectivity index (χ2n) is 9.69. The zero-order valence-corrected chi connectivity index (χ0v) is 20.6. The number of nitriles is 1. The molecule has 3 aromatic rings. The van der Waals surface area contributed by atoms with E-state index in [1.807, 2.05) is 56.3 Å². The van der Waals surface area contributed by atoms with E-state index < -0.39 is 0 Å². The number of benzene rings is 2. The van der Waals surface area contributed by atoms with E-state index in [9.17, 15) is 10.1 Å². The molecule has 6 nitrogen and oxygen atoms in total. The SMILES string of the molecule is C=C1C=C[C+](c2ccc3c(c2)C2OC3c3ccc(C(=O)NCc4c(C)cc(N)nc4C)cc32)C(C#N)=C1. The Morgan fingerprint density at radius 3 is 2.62 bits per heavy atom. The Hall–Kier alpha value is -4.60. The van der Waals surface area contributed by atoms with E-state index in [0.29, 0.717) is 23.5 Å². The summed E-state index contributed by atoms with van der Waals surface area (Å²) < 4.78 is 6.36. The lowest BCUT2D eigenvalue weighted by atomic mass is 9.81. The Kier molecular flexibility index (Phi) is 5.25. The van der Waals surface area contributed by atoms with Crippen molar-refractivity contribution in [2.24, 2.45) is 0 Å². The van der Waals surface area contributed by atoms with E-state index in [2.05, 4.69) is 35.1 Å². The average Bonchev–Trinajstić information content (AvgIpc) is 3.44. The first kappa shape index (κ1) is 22.8. The fourth-order valence-electron chi connectivity index (χ4n) is 5.52. The number of nitrogens with two attached hydrogens (primary N) is 1. The van der Waals surface area contributed by atoms with Crippen molar-refractivity contribution in [3.8, 4) is 6.07 Å². The smallest absolute Gasteiger partial charge is 0.251 e. The molecular weight excluding hydrogens is 460 g/mol. The third kappa shape index (κ3) is 3.72. The summed E-state index contributed by atoms with van der Waals surface area (Å²) in [5.74, 6) is 1.20. The number of aromatic nitrogens is 1. The molecule has 3 aliphatic rings. The predicted octanol–water partition coefficient (Wildman–Crippen LogP) is 5.23. The van der Waals surface area contributed by atoms with Crippen molar-refractivity contribution in [2.75, 3.05) is 5.73 Å². The zero-order chi connectivity index (χ0) is 25.8. The molecule has 0 radical (unpaired) electrons. The van der Waals surface area contributed by atoms with Crippen LogP contribution in [-0.2, 0) is 11.3 Å². The van der Waals surface area contributed by atoms with Crippen molar-refractivity contribution in [2.45, 2.75) is 32.6 Å². The molecule has 180 valence electrons. The van der Waals surface area contributed by atoms with Gasteiger partial charge in [-0.2, -0.15) is 0 Å². The largest absolute Gasteiger partial charge is 0.384 e. The van der Waals surface area contributed by atoms with E-state index in [1.54, 1.807) is 6.08 Å². The van der Waals surface area contributed by atoms with Crippen LogP contribution in [0.2, 0.25) is 0 Å². The van der Waals surface area contributed by atoms with Crippen LogP contribution in [0.1, 0.15) is 67.2 Å². The number of ether oxygens (including phenoxy) is 1. The maximum Gasteiger partial charge on any atom is 0.251 e. The highest BCUT2D eigenvalue weighted by Crippen LogP contribution is 2.54. The monoisotopic (exact) mass is 485 g/mol. The lowest BCUT2D eigenvalue weighted by molar-refractivity contribution is 0.0857. The number of hydrogen-bond donors (Lipinski definition) is 2. The summed E-state index contributed by atoms with van der Waals surface area (Å²) in [5, 5.41) is 12.6. The summed E-state index contributed by atoms with van der Waals surface area (Å²) >= 11 is 0. The molecular formula is C31H25N4O2+. The number of nitrogens with one attached hydrogen (secondary N) is 1. The van der Waals surface area contributed by atoms with Gasteiger partial charge in [-0.1, -0.05) is 12.6 Å². The molecule has 37 heavy (non-hydrogen) atoms. The molecule has 3 N–H and O–H groups in total. The minimum absolute atomic E-state index is 0.148. The van der Waals surface area contributed by atoms with Crippen molar-refractivity contribution in [1.29, 1.82) is 5.26 Å². The second-order valence-corrected chi connectivity index (χ2v) is 9.69. The van der Waals surface area contributed by atoms with Crippen LogP contribution in [0, 0.1) is 31.1 Å². The molecule has 3 heterocycles. The van der Waals surface area contributed by atoms with Crippen LogP contribution < -0.4 is 11.1 Å². The van der Waals surface area contributed by atoms with Crippen LogP contribution in [0.5, 0.6) is 0 Å². The number of anilines is 1. The van der Waals surface area contributed by atoms with Crippen LogP contribution in [-0.4, -0.2) is 10.9 Å². The van der Waals surface area contributed by atoms with Gasteiger partial charge in [0.25, 0.3) is 5.91 Å². The van der Waals surface area contributed by atoms with Gasteiger partial charge in [-0.3, -0.25) is 4.79 Å². The summed E-state index contributed by atoms with van der Waals surface area (Å²) in [5.41, 5.74) is 15.9. The van der Waals surface area contributed by atoms with Gasteiger partial charge >= 0.3 is 0 Å². The molecule has 2 unspecified atom stereocenters. The molecule has 6 rings (SSSR count). The van der Waals surface area contributed by atoms with Crippen molar-refractivity contribution in [3.63, 3.8) is 0 Å². The molecule has 0 saturated carbocycles. The quantitative estimate of drug-likeness (QED) is 0.493. The molecule has 0 saturated heterocycles. The number of pyridine rings is 1. The molecule has 1 amide bonds. The Morgan fingerprint density at radius 1 is 1.14 bits per heavy atom. The first-order chi connectivity index (χ1) is 17.8. The van der Waals surface area contributed by atoms with Crippen LogP contribution in [0.4, 0.5) is 5.82 Å². The number of nitrogen functional groups attached to an aromatic ring is 1. The van der Waals surface area contributed by atoms with Crippen LogP contribution >= 0.6 is 0 Å². The van der Waals surface area contributed by atoms with E-state index in [1.165, 1.54) is 0 Å². The number of aryl methyl sites for hydroxylation is 2. The van der Waals surface area contributed by atoms with Gasteiger partial charge < -0.3 is 15.8 Å². The maximum atomic E-state index is 13.1. The Balaban J connectivity index is 1.26. The zero-order valence-electron chi connectivity index (χ0n) is 20.6. The maximum absolute atomic E-state index is 13.1. The first-order valence-corrected chi connectivity index (χ1v) is 12.1. The summed E-state index contributed by atoms with van der Waals surface area (Å²) in [6.07, 6.45) is 5.26. The predicted molar refractivity (Wildman–Crippen MR) is 141 cm³/mol. The molecule has 2 aliphatic heterocycles. The number of hydrogen-bond acceptors (Lipinski definition) is 5. The molecule has 1 aliphatic carbocycles. The Morgan fingerprint density at radius 2 is 1.86 bits per heavy atom. The topological polar surface area (TPSA) is 101 Å². The summed E-state index contributed by atoms with van der Waals surface area (Å²) in [6, 6.07) is 16.1. The Labute approximate surface area is 215 Å². The number of carbonyl (C=O) groups excluding carboxylic acids is 1. The van der Waals surface area contributed by atoms with E-state index in [0.717, 1.165) is 56.1 Å². The third-order valence-electron chi connectivity index (χ3n) is 7.35. The standard InChI is InChI=1S/C31H24N4O2/c1-16-4-7-22(21(10-16)14-32)19-5-8-23-25(12-19)30-26-13-20(6-9-24(26)29(23)37-30)31(36)34-15-27-17(2)11-28(33)35-18(27)3/h4-13,29-30H,1,15H2,2-3H3,(H2-,33,34,35,36)/p+1. The average molecular weight is 486 g/mol. The number of amides is 1. The van der Waals surface area contributed by atoms with Gasteiger partial charge in [-0.05, 0) is 72.5 Å². The van der Waals surface area contributed by atoms with E-state index >= 15 is 0 Å². The lowest BCUT2D eigenvalue weighted by Crippen LogP contribution is -2.24. The number of nitrogens with zero attached hydrogens (tertiary/aromatic N) is 2. The van der Waals surface area contributed by atoms with E-state index in [4.69, 9.17) is 10.5 Å². The van der Waals surface area contributed by atoms with Gasteiger partial charge in [0.15, 0.2) is 6.07 Å². The van der Waals surface area contributed by atoms with Crippen LogP contribution in [0.3, 0.4) is 0 Å². The van der Waals surface area contributed by atoms with Crippen molar-refractivity contribution >= 4 is 11.7 Å². The fourth-order valence-corrected chi connectivity index (χ4v) is 5.52. The highest BCUT2D eigenvalue weighted by molar-refractivity contribution is 5.94. The van der Waals surface area contributed by atoms with E-state index in [-0.39, 0.29) is 18.1 Å². The summed E-state index contributed by atoms with van der Waals surface area (Å²) in [4.78, 5) is 17.4. The molecule has 0 fully saturated rings. The van der Waals surface area contributed by atoms with Crippen molar-refractivity contribution in [3.05, 3.63) is 135 Å². The minimum Gasteiger partial charge on any atom is -0.384 e. The summed E-state index contributed by atoms with van der Waals surface area (Å²) in [7, 11) is 0. The third-order valence-corrected chi connectivity index (χ3v) is 7.35. The summed E-state index contributed by atoms with van der Waals surface area (Å²) in [6.45, 7) is 8.17. The molecule has 2 aromatic carbocycles. The first-order valence-electron chi connectivity index (χ1n) is 12.1. The highest BCUT2D eigenvalue weighted by Gasteiger charge is 2.44. The Bertz CT molecular complexity index is 1580. The van der Waals surface area contributed by atoms with Crippen LogP contribution in [0.25, 0.3) is 0 Å². The number of carbonyl (C=O) groups is 1. The lowest BCUT2D eigenvalue weighted by Gasteiger charge is -2.18. The highest BCUT2D eigenvalue weighted by atomic mass is 16.5. The molecule has 2 atom stereocenters. The van der Waals surface area contributed by atoms with Crippen molar-refractivity contribution in [1.82, 2.24) is 10.3 Å². The number of allylic oxidation sites excluding steroid dienone is 5. The van der Waals surface area contributed by atoms with Gasteiger partial charge in [0, 0.05) is 52.7 Å². The molecule has 2 bridgehead atoms. The minimum atomic E-state index is -0.244. The van der Waals surface area contributed by atoms with Crippen LogP contribution in [0.15, 0.2) is 78.4 Å². The molecule has 0 spiro atoms. The number of rotatable bonds is 4. The normalized spacial score (nSPS) is 18.8. The number of fused-ring (bicyclic) bond motifs is 8. The molecule has 6 heteroatoms. The van der Waals surface area contributed by atoms with Gasteiger partial charge in [-0.25, -0.2) is 4.98 Å². The second kappa shape index (κ2) is 8.51. The van der Waals surface area contributed by atoms with Gasteiger partial charge in [-0.15, -0.1) is 5.26 Å².